The van der Waals surface area contributed by atoms with Crippen molar-refractivity contribution in [3.05, 3.63) is 47.5 Å². The number of carbonyl (C=O) groups excluding carboxylic acids is 1. The van der Waals surface area contributed by atoms with E-state index in [0.717, 1.165) is 16.3 Å². The molecule has 2 aromatic carbocycles. The molecule has 3 rings (SSSR count). The number of fused-ring (bicyclic) bond motifs is 1. The maximum Gasteiger partial charge on any atom is 0.258 e. The van der Waals surface area contributed by atoms with Crippen LogP contribution in [-0.4, -0.2) is 26.1 Å². The van der Waals surface area contributed by atoms with Crippen LogP contribution in [0.4, 0.5) is 5.95 Å². The highest BCUT2D eigenvalue weighted by Gasteiger charge is 2.14. The van der Waals surface area contributed by atoms with Gasteiger partial charge < -0.3 is 0 Å². The molecule has 6 heteroatoms. The van der Waals surface area contributed by atoms with Gasteiger partial charge in [0.25, 0.3) is 5.91 Å². The Balaban J connectivity index is 1.97. The number of anilines is 1. The van der Waals surface area contributed by atoms with E-state index >= 15 is 0 Å². The second-order valence-electron chi connectivity index (χ2n) is 4.73. The van der Waals surface area contributed by atoms with Gasteiger partial charge in [-0.05, 0) is 46.7 Å². The zero-order valence-electron chi connectivity index (χ0n) is 11.9. The van der Waals surface area contributed by atoms with Crippen LogP contribution in [0.2, 0.25) is 0 Å². The van der Waals surface area contributed by atoms with Crippen molar-refractivity contribution in [3.8, 4) is 0 Å². The third-order valence-electron chi connectivity index (χ3n) is 3.50. The number of aromatic nitrogens is 4. The van der Waals surface area contributed by atoms with E-state index < -0.39 is 0 Å². The molecular formula is C15H15N5O. The molecule has 3 aromatic rings. The highest BCUT2D eigenvalue weighted by Crippen LogP contribution is 2.22. The number of tetrazole rings is 1. The molecule has 1 N–H and O–H groups in total. The third kappa shape index (κ3) is 2.35. The van der Waals surface area contributed by atoms with Gasteiger partial charge in [0.2, 0.25) is 5.95 Å². The third-order valence-corrected chi connectivity index (χ3v) is 3.50. The van der Waals surface area contributed by atoms with Crippen molar-refractivity contribution in [2.75, 3.05) is 5.32 Å². The first kappa shape index (κ1) is 13.2. The molecular weight excluding hydrogens is 266 g/mol. The molecule has 0 spiro atoms. The molecule has 0 bridgehead atoms. The van der Waals surface area contributed by atoms with E-state index in [2.05, 4.69) is 20.8 Å². The van der Waals surface area contributed by atoms with Crippen molar-refractivity contribution < 1.29 is 4.79 Å². The Hall–Kier alpha value is -2.76. The average molecular weight is 281 g/mol. The van der Waals surface area contributed by atoms with Gasteiger partial charge in [0.15, 0.2) is 0 Å². The monoisotopic (exact) mass is 281 g/mol. The largest absolute Gasteiger partial charge is 0.289 e. The second kappa shape index (κ2) is 5.32. The lowest BCUT2D eigenvalue weighted by Gasteiger charge is -2.09. The molecule has 0 aliphatic rings. The molecule has 1 aromatic heterocycles. The number of amides is 1. The summed E-state index contributed by atoms with van der Waals surface area (Å²) in [5, 5.41) is 16.1. The minimum atomic E-state index is -0.206. The Kier molecular flexibility index (Phi) is 3.35. The van der Waals surface area contributed by atoms with E-state index in [9.17, 15) is 4.79 Å². The summed E-state index contributed by atoms with van der Waals surface area (Å²) in [6.45, 7) is 4.45. The van der Waals surface area contributed by atoms with Crippen molar-refractivity contribution >= 4 is 22.6 Å². The van der Waals surface area contributed by atoms with Gasteiger partial charge in [-0.1, -0.05) is 35.4 Å². The fourth-order valence-electron chi connectivity index (χ4n) is 2.35. The van der Waals surface area contributed by atoms with E-state index in [4.69, 9.17) is 0 Å². The topological polar surface area (TPSA) is 72.7 Å². The van der Waals surface area contributed by atoms with Gasteiger partial charge >= 0.3 is 0 Å². The molecule has 0 radical (unpaired) electrons. The van der Waals surface area contributed by atoms with E-state index in [1.54, 1.807) is 0 Å². The van der Waals surface area contributed by atoms with Crippen molar-refractivity contribution in [2.24, 2.45) is 0 Å². The Labute approximate surface area is 121 Å². The van der Waals surface area contributed by atoms with Gasteiger partial charge in [-0.3, -0.25) is 10.1 Å². The van der Waals surface area contributed by atoms with Gasteiger partial charge in [-0.25, -0.2) is 4.68 Å². The fourth-order valence-corrected chi connectivity index (χ4v) is 2.35. The molecule has 6 nitrogen and oxygen atoms in total. The smallest absolute Gasteiger partial charge is 0.258 e. The Morgan fingerprint density at radius 2 is 2.05 bits per heavy atom. The maximum absolute atomic E-state index is 12.4. The van der Waals surface area contributed by atoms with Crippen molar-refractivity contribution in [1.29, 1.82) is 0 Å². The summed E-state index contributed by atoms with van der Waals surface area (Å²) in [4.78, 5) is 12.4. The first-order valence-electron chi connectivity index (χ1n) is 6.76. The van der Waals surface area contributed by atoms with Crippen LogP contribution in [0.25, 0.3) is 10.8 Å². The molecule has 1 amide bonds. The number of aryl methyl sites for hydroxylation is 2. The number of hydrogen-bond acceptors (Lipinski definition) is 4. The highest BCUT2D eigenvalue weighted by atomic mass is 16.1. The Morgan fingerprint density at radius 1 is 1.24 bits per heavy atom. The SMILES string of the molecule is CCn1nnnc1NC(=O)c1ccc2ccccc2c1C. The van der Waals surface area contributed by atoms with Gasteiger partial charge in [0.05, 0.1) is 0 Å². The Bertz CT molecular complexity index is 809. The summed E-state index contributed by atoms with van der Waals surface area (Å²) < 4.78 is 1.54. The quantitative estimate of drug-likeness (QED) is 0.800. The van der Waals surface area contributed by atoms with Crippen molar-refractivity contribution in [3.63, 3.8) is 0 Å². The highest BCUT2D eigenvalue weighted by molar-refractivity contribution is 6.07. The first-order valence-corrected chi connectivity index (χ1v) is 6.76. The molecule has 0 aliphatic heterocycles. The number of hydrogen-bond donors (Lipinski definition) is 1. The molecule has 0 aliphatic carbocycles. The van der Waals surface area contributed by atoms with Crippen molar-refractivity contribution in [2.45, 2.75) is 20.4 Å². The summed E-state index contributed by atoms with van der Waals surface area (Å²) in [7, 11) is 0. The lowest BCUT2D eigenvalue weighted by Crippen LogP contribution is -2.17. The van der Waals surface area contributed by atoms with E-state index in [-0.39, 0.29) is 5.91 Å². The minimum Gasteiger partial charge on any atom is -0.289 e. The van der Waals surface area contributed by atoms with Crippen LogP contribution >= 0.6 is 0 Å². The summed E-state index contributed by atoms with van der Waals surface area (Å²) in [5.74, 6) is 0.151. The zero-order chi connectivity index (χ0) is 14.8. The van der Waals surface area contributed by atoms with Crippen LogP contribution < -0.4 is 5.32 Å². The summed E-state index contributed by atoms with van der Waals surface area (Å²) in [6, 6.07) is 11.8. The number of benzene rings is 2. The molecule has 0 saturated carbocycles. The minimum absolute atomic E-state index is 0.206. The van der Waals surface area contributed by atoms with Crippen LogP contribution in [0, 0.1) is 6.92 Å². The van der Waals surface area contributed by atoms with Gasteiger partial charge in [0.1, 0.15) is 0 Å². The van der Waals surface area contributed by atoms with Crippen LogP contribution in [0.5, 0.6) is 0 Å². The van der Waals surface area contributed by atoms with Gasteiger partial charge in [-0.2, -0.15) is 0 Å². The van der Waals surface area contributed by atoms with Gasteiger partial charge in [-0.15, -0.1) is 0 Å². The number of rotatable bonds is 3. The number of nitrogens with one attached hydrogen (secondary N) is 1. The first-order chi connectivity index (χ1) is 10.2. The predicted octanol–water partition coefficient (Wildman–Crippen LogP) is 2.41. The van der Waals surface area contributed by atoms with Crippen LogP contribution in [-0.2, 0) is 6.54 Å². The molecule has 0 fully saturated rings. The molecule has 106 valence electrons. The average Bonchev–Trinajstić information content (AvgIpc) is 2.95. The molecule has 21 heavy (non-hydrogen) atoms. The molecule has 0 unspecified atom stereocenters. The Morgan fingerprint density at radius 3 is 2.86 bits per heavy atom. The zero-order valence-corrected chi connectivity index (χ0v) is 11.9. The lowest BCUT2D eigenvalue weighted by molar-refractivity contribution is 0.102. The molecule has 0 saturated heterocycles. The lowest BCUT2D eigenvalue weighted by atomic mass is 10.00. The summed E-state index contributed by atoms with van der Waals surface area (Å²) >= 11 is 0. The van der Waals surface area contributed by atoms with Gasteiger partial charge in [0, 0.05) is 12.1 Å². The predicted molar refractivity (Wildman–Crippen MR) is 80.1 cm³/mol. The van der Waals surface area contributed by atoms with Crippen molar-refractivity contribution in [1.82, 2.24) is 20.2 Å². The maximum atomic E-state index is 12.4. The standard InChI is InChI=1S/C15H15N5O/c1-3-20-15(17-18-19-20)16-14(21)13-9-8-11-6-4-5-7-12(11)10(13)2/h4-9H,3H2,1-2H3,(H,16,17,19,21). The number of carbonyl (C=O) groups is 1. The van der Waals surface area contributed by atoms with E-state index in [1.165, 1.54) is 4.68 Å². The van der Waals surface area contributed by atoms with Crippen LogP contribution in [0.1, 0.15) is 22.8 Å². The molecule has 1 heterocycles. The van der Waals surface area contributed by atoms with E-state index in [1.807, 2.05) is 50.2 Å². The van der Waals surface area contributed by atoms with Crippen LogP contribution in [0.3, 0.4) is 0 Å². The second-order valence-corrected chi connectivity index (χ2v) is 4.73. The molecule has 0 atom stereocenters. The number of nitrogens with zero attached hydrogens (tertiary/aromatic N) is 4. The fraction of sp³-hybridized carbons (Fsp3) is 0.200. The summed E-state index contributed by atoms with van der Waals surface area (Å²) in [6.07, 6.45) is 0. The normalized spacial score (nSPS) is 10.8. The van der Waals surface area contributed by atoms with Crippen LogP contribution in [0.15, 0.2) is 36.4 Å². The van der Waals surface area contributed by atoms with E-state index in [0.29, 0.717) is 18.1 Å². The summed E-state index contributed by atoms with van der Waals surface area (Å²) in [5.41, 5.74) is 1.57.